The van der Waals surface area contributed by atoms with Crippen LogP contribution in [0.5, 0.6) is 5.75 Å². The average Bonchev–Trinajstić information content (AvgIpc) is 3.13. The first-order valence-corrected chi connectivity index (χ1v) is 8.33. The lowest BCUT2D eigenvalue weighted by molar-refractivity contribution is -0.137. The summed E-state index contributed by atoms with van der Waals surface area (Å²) >= 11 is 0. The third kappa shape index (κ3) is 4.00. The number of halogens is 3. The summed E-state index contributed by atoms with van der Waals surface area (Å²) in [5, 5.41) is 0. The smallest absolute Gasteiger partial charge is 0.416 e. The van der Waals surface area contributed by atoms with E-state index in [1.165, 1.54) is 19.2 Å². The van der Waals surface area contributed by atoms with Crippen molar-refractivity contribution >= 4 is 5.97 Å². The second-order valence-electron chi connectivity index (χ2n) is 5.72. The van der Waals surface area contributed by atoms with Crippen LogP contribution in [0.25, 0.3) is 22.8 Å². The Morgan fingerprint density at radius 1 is 1.04 bits per heavy atom. The van der Waals surface area contributed by atoms with Crippen molar-refractivity contribution in [3.05, 3.63) is 59.8 Å². The molecule has 0 aliphatic carbocycles. The van der Waals surface area contributed by atoms with Gasteiger partial charge in [-0.1, -0.05) is 0 Å². The molecule has 0 spiro atoms. The quantitative estimate of drug-likeness (QED) is 0.559. The Balaban J connectivity index is 2.04. The minimum absolute atomic E-state index is 0.0163. The van der Waals surface area contributed by atoms with Gasteiger partial charge in [0.2, 0.25) is 5.89 Å². The molecular formula is C20H16F3NO4. The Morgan fingerprint density at radius 2 is 1.64 bits per heavy atom. The molecule has 0 amide bonds. The van der Waals surface area contributed by atoms with Gasteiger partial charge < -0.3 is 13.9 Å². The fourth-order valence-electron chi connectivity index (χ4n) is 2.52. The Morgan fingerprint density at radius 3 is 2.18 bits per heavy atom. The maximum atomic E-state index is 12.8. The van der Waals surface area contributed by atoms with E-state index in [2.05, 4.69) is 4.98 Å². The lowest BCUT2D eigenvalue weighted by atomic mass is 10.1. The van der Waals surface area contributed by atoms with E-state index in [-0.39, 0.29) is 24.0 Å². The third-order valence-corrected chi connectivity index (χ3v) is 3.91. The van der Waals surface area contributed by atoms with Gasteiger partial charge in [-0.15, -0.1) is 0 Å². The number of carbonyl (C=O) groups excluding carboxylic acids is 1. The Hall–Kier alpha value is -3.29. The number of esters is 1. The van der Waals surface area contributed by atoms with Gasteiger partial charge in [-0.2, -0.15) is 13.2 Å². The molecule has 0 N–H and O–H groups in total. The minimum Gasteiger partial charge on any atom is -0.497 e. The summed E-state index contributed by atoms with van der Waals surface area (Å²) in [5.74, 6) is 0.109. The fraction of sp³-hybridized carbons (Fsp3) is 0.200. The molecular weight excluding hydrogens is 375 g/mol. The number of hydrogen-bond donors (Lipinski definition) is 0. The van der Waals surface area contributed by atoms with E-state index in [0.717, 1.165) is 12.1 Å². The van der Waals surface area contributed by atoms with Gasteiger partial charge in [0.25, 0.3) is 0 Å². The van der Waals surface area contributed by atoms with Gasteiger partial charge in [-0.05, 0) is 55.5 Å². The number of ether oxygens (including phenoxy) is 2. The second-order valence-corrected chi connectivity index (χ2v) is 5.72. The molecule has 5 nitrogen and oxygen atoms in total. The van der Waals surface area contributed by atoms with Crippen LogP contribution in [0, 0.1) is 0 Å². The SMILES string of the molecule is CCOC(=O)c1nc(-c2ccc(C(F)(F)F)cc2)oc1-c1ccc(OC)cc1. The van der Waals surface area contributed by atoms with Crippen molar-refractivity contribution in [3.63, 3.8) is 0 Å². The van der Waals surface area contributed by atoms with Gasteiger partial charge in [-0.25, -0.2) is 9.78 Å². The summed E-state index contributed by atoms with van der Waals surface area (Å²) in [6.07, 6.45) is -4.44. The van der Waals surface area contributed by atoms with Crippen LogP contribution in [0.4, 0.5) is 13.2 Å². The minimum atomic E-state index is -4.44. The molecule has 146 valence electrons. The first kappa shape index (κ1) is 19.5. The highest BCUT2D eigenvalue weighted by Crippen LogP contribution is 2.34. The lowest BCUT2D eigenvalue weighted by Crippen LogP contribution is -2.06. The van der Waals surface area contributed by atoms with Gasteiger partial charge >= 0.3 is 12.1 Å². The first-order valence-electron chi connectivity index (χ1n) is 8.33. The molecule has 0 fully saturated rings. The molecule has 0 bridgehead atoms. The topological polar surface area (TPSA) is 61.6 Å². The van der Waals surface area contributed by atoms with E-state index in [4.69, 9.17) is 13.9 Å². The monoisotopic (exact) mass is 391 g/mol. The highest BCUT2D eigenvalue weighted by Gasteiger charge is 2.30. The fourth-order valence-corrected chi connectivity index (χ4v) is 2.52. The lowest BCUT2D eigenvalue weighted by Gasteiger charge is -2.06. The maximum absolute atomic E-state index is 12.8. The van der Waals surface area contributed by atoms with Crippen LogP contribution in [-0.2, 0) is 10.9 Å². The highest BCUT2D eigenvalue weighted by atomic mass is 19.4. The standard InChI is InChI=1S/C20H16F3NO4/c1-3-27-19(25)16-17(12-6-10-15(26-2)11-7-12)28-18(24-16)13-4-8-14(9-5-13)20(21,22)23/h4-11H,3H2,1-2H3. The summed E-state index contributed by atoms with van der Waals surface area (Å²) in [6.45, 7) is 1.80. The molecule has 0 atom stereocenters. The van der Waals surface area contributed by atoms with Crippen LogP contribution >= 0.6 is 0 Å². The summed E-state index contributed by atoms with van der Waals surface area (Å²) in [4.78, 5) is 16.4. The number of rotatable bonds is 5. The average molecular weight is 391 g/mol. The molecule has 3 aromatic rings. The van der Waals surface area contributed by atoms with E-state index >= 15 is 0 Å². The number of oxazole rings is 1. The third-order valence-electron chi connectivity index (χ3n) is 3.91. The normalized spacial score (nSPS) is 11.3. The van der Waals surface area contributed by atoms with Crippen molar-refractivity contribution in [3.8, 4) is 28.5 Å². The molecule has 0 radical (unpaired) electrons. The summed E-state index contributed by atoms with van der Waals surface area (Å²) in [7, 11) is 1.52. The Labute approximate surface area is 158 Å². The summed E-state index contributed by atoms with van der Waals surface area (Å²) in [5.41, 5.74) is 0.0125. The molecule has 0 saturated carbocycles. The van der Waals surface area contributed by atoms with Gasteiger partial charge in [-0.3, -0.25) is 0 Å². The molecule has 1 aromatic heterocycles. The molecule has 8 heteroatoms. The van der Waals surface area contributed by atoms with Gasteiger partial charge in [0.05, 0.1) is 19.3 Å². The number of methoxy groups -OCH3 is 1. The highest BCUT2D eigenvalue weighted by molar-refractivity contribution is 5.94. The van der Waals surface area contributed by atoms with E-state index in [1.807, 2.05) is 0 Å². The number of hydrogen-bond acceptors (Lipinski definition) is 5. The second kappa shape index (κ2) is 7.75. The number of nitrogens with zero attached hydrogens (tertiary/aromatic N) is 1. The van der Waals surface area contributed by atoms with Crippen LogP contribution in [0.1, 0.15) is 23.0 Å². The van der Waals surface area contributed by atoms with Crippen molar-refractivity contribution in [2.75, 3.05) is 13.7 Å². The van der Waals surface area contributed by atoms with E-state index in [1.54, 1.807) is 31.2 Å². The van der Waals surface area contributed by atoms with Crippen molar-refractivity contribution < 1.29 is 31.9 Å². The van der Waals surface area contributed by atoms with Gasteiger partial charge in [0, 0.05) is 11.1 Å². The summed E-state index contributed by atoms with van der Waals surface area (Å²) < 4.78 is 54.1. The molecule has 28 heavy (non-hydrogen) atoms. The van der Waals surface area contributed by atoms with E-state index in [9.17, 15) is 18.0 Å². The zero-order valence-electron chi connectivity index (χ0n) is 15.0. The van der Waals surface area contributed by atoms with Crippen molar-refractivity contribution in [2.45, 2.75) is 13.1 Å². The van der Waals surface area contributed by atoms with Crippen molar-refractivity contribution in [2.24, 2.45) is 0 Å². The summed E-state index contributed by atoms with van der Waals surface area (Å²) in [6, 6.07) is 11.1. The molecule has 0 aliphatic rings. The van der Waals surface area contributed by atoms with Gasteiger partial charge in [0.1, 0.15) is 5.75 Å². The molecule has 0 aliphatic heterocycles. The van der Waals surface area contributed by atoms with Crippen LogP contribution in [0.2, 0.25) is 0 Å². The van der Waals surface area contributed by atoms with Crippen molar-refractivity contribution in [1.29, 1.82) is 0 Å². The van der Waals surface area contributed by atoms with E-state index < -0.39 is 17.7 Å². The molecule has 3 rings (SSSR count). The number of benzene rings is 2. The van der Waals surface area contributed by atoms with Crippen LogP contribution in [0.15, 0.2) is 52.9 Å². The Bertz CT molecular complexity index is 961. The molecule has 2 aromatic carbocycles. The predicted octanol–water partition coefficient (Wildman–Crippen LogP) is 5.21. The number of carbonyl (C=O) groups is 1. The van der Waals surface area contributed by atoms with Crippen molar-refractivity contribution in [1.82, 2.24) is 4.98 Å². The molecule has 0 saturated heterocycles. The zero-order chi connectivity index (χ0) is 20.3. The molecule has 1 heterocycles. The maximum Gasteiger partial charge on any atom is 0.416 e. The van der Waals surface area contributed by atoms with Gasteiger partial charge in [0.15, 0.2) is 11.5 Å². The Kier molecular flexibility index (Phi) is 5.39. The van der Waals surface area contributed by atoms with Crippen LogP contribution in [0.3, 0.4) is 0 Å². The zero-order valence-corrected chi connectivity index (χ0v) is 15.0. The predicted molar refractivity (Wildman–Crippen MR) is 94.9 cm³/mol. The van der Waals surface area contributed by atoms with E-state index in [0.29, 0.717) is 16.9 Å². The number of aromatic nitrogens is 1. The van der Waals surface area contributed by atoms with Crippen LogP contribution in [-0.4, -0.2) is 24.7 Å². The largest absolute Gasteiger partial charge is 0.497 e. The molecule has 0 unspecified atom stereocenters. The number of alkyl halides is 3. The van der Waals surface area contributed by atoms with Crippen LogP contribution < -0.4 is 4.74 Å². The first-order chi connectivity index (χ1) is 13.3.